The van der Waals surface area contributed by atoms with Crippen LogP contribution in [0.3, 0.4) is 0 Å². The van der Waals surface area contributed by atoms with E-state index in [-0.39, 0.29) is 5.56 Å². The number of carboxylic acids is 1. The van der Waals surface area contributed by atoms with E-state index in [2.05, 4.69) is 5.32 Å². The van der Waals surface area contributed by atoms with Crippen molar-refractivity contribution < 1.29 is 9.90 Å². The smallest absolute Gasteiger partial charge is 0.337 e. The second-order valence-electron chi connectivity index (χ2n) is 3.89. The summed E-state index contributed by atoms with van der Waals surface area (Å²) < 4.78 is 0. The zero-order valence-corrected chi connectivity index (χ0v) is 11.2. The maximum Gasteiger partial charge on any atom is 0.337 e. The highest BCUT2D eigenvalue weighted by Gasteiger charge is 2.11. The molecule has 2 aromatic carbocycles. The van der Waals surface area contributed by atoms with Gasteiger partial charge in [0.1, 0.15) is 0 Å². The second kappa shape index (κ2) is 5.38. The van der Waals surface area contributed by atoms with E-state index in [1.165, 1.54) is 6.07 Å². The first-order valence-corrected chi connectivity index (χ1v) is 6.07. The van der Waals surface area contributed by atoms with Gasteiger partial charge in [-0.25, -0.2) is 4.79 Å². The van der Waals surface area contributed by atoms with Crippen LogP contribution in [0.5, 0.6) is 0 Å². The van der Waals surface area contributed by atoms with Crippen LogP contribution in [-0.2, 0) is 0 Å². The molecule has 0 amide bonds. The van der Waals surface area contributed by atoms with Gasteiger partial charge in [0, 0.05) is 21.4 Å². The fraction of sp³-hybridized carbons (Fsp3) is 0. The summed E-state index contributed by atoms with van der Waals surface area (Å²) in [5, 5.41) is 13.0. The number of halogens is 2. The molecular formula is C13H10Cl2N2O2. The van der Waals surface area contributed by atoms with Gasteiger partial charge in [0.2, 0.25) is 0 Å². The average Bonchev–Trinajstić information content (AvgIpc) is 2.30. The molecule has 2 aromatic rings. The Labute approximate surface area is 119 Å². The number of rotatable bonds is 3. The minimum Gasteiger partial charge on any atom is -0.478 e. The van der Waals surface area contributed by atoms with Gasteiger partial charge >= 0.3 is 5.97 Å². The molecular weight excluding hydrogens is 287 g/mol. The molecule has 0 atom stereocenters. The number of nitrogens with one attached hydrogen (secondary N) is 1. The van der Waals surface area contributed by atoms with Gasteiger partial charge in [-0.15, -0.1) is 0 Å². The summed E-state index contributed by atoms with van der Waals surface area (Å²) in [4.78, 5) is 11.2. The Balaban J connectivity index is 2.40. The van der Waals surface area contributed by atoms with Crippen LogP contribution in [0.1, 0.15) is 10.4 Å². The highest BCUT2D eigenvalue weighted by Crippen LogP contribution is 2.27. The SMILES string of the molecule is Nc1ccc(Nc2cc(Cl)cc(Cl)c2)c(C(=O)O)c1. The summed E-state index contributed by atoms with van der Waals surface area (Å²) in [7, 11) is 0. The first kappa shape index (κ1) is 13.5. The number of nitrogens with two attached hydrogens (primary N) is 1. The molecule has 0 saturated heterocycles. The molecule has 0 aromatic heterocycles. The monoisotopic (exact) mass is 296 g/mol. The molecule has 2 rings (SSSR count). The number of nitrogen functional groups attached to an aromatic ring is 1. The number of aromatic carboxylic acids is 1. The molecule has 19 heavy (non-hydrogen) atoms. The first-order chi connectivity index (χ1) is 8.95. The molecule has 0 aliphatic rings. The van der Waals surface area contributed by atoms with Crippen LogP contribution in [0.15, 0.2) is 36.4 Å². The molecule has 0 unspecified atom stereocenters. The fourth-order valence-electron chi connectivity index (χ4n) is 1.63. The van der Waals surface area contributed by atoms with Crippen LogP contribution in [0.2, 0.25) is 10.0 Å². The zero-order chi connectivity index (χ0) is 14.0. The van der Waals surface area contributed by atoms with Crippen molar-refractivity contribution in [2.24, 2.45) is 0 Å². The van der Waals surface area contributed by atoms with Crippen LogP contribution in [0, 0.1) is 0 Å². The number of carboxylic acid groups (broad SMARTS) is 1. The summed E-state index contributed by atoms with van der Waals surface area (Å²) >= 11 is 11.8. The van der Waals surface area contributed by atoms with E-state index in [0.717, 1.165) is 0 Å². The van der Waals surface area contributed by atoms with E-state index in [0.29, 0.717) is 27.1 Å². The number of anilines is 3. The minimum atomic E-state index is -1.07. The third-order valence-electron chi connectivity index (χ3n) is 2.42. The summed E-state index contributed by atoms with van der Waals surface area (Å²) in [5.74, 6) is -1.07. The van der Waals surface area contributed by atoms with Gasteiger partial charge in [0.15, 0.2) is 0 Å². The van der Waals surface area contributed by atoms with E-state index < -0.39 is 5.97 Å². The lowest BCUT2D eigenvalue weighted by Crippen LogP contribution is -2.03. The molecule has 0 bridgehead atoms. The molecule has 4 N–H and O–H groups in total. The topological polar surface area (TPSA) is 75.3 Å². The number of carbonyl (C=O) groups is 1. The van der Waals surface area contributed by atoms with Crippen molar-refractivity contribution in [3.63, 3.8) is 0 Å². The van der Waals surface area contributed by atoms with Crippen LogP contribution >= 0.6 is 23.2 Å². The Kier molecular flexibility index (Phi) is 3.83. The number of hydrogen-bond acceptors (Lipinski definition) is 3. The van der Waals surface area contributed by atoms with Crippen molar-refractivity contribution >= 4 is 46.2 Å². The summed E-state index contributed by atoms with van der Waals surface area (Å²) in [5.41, 5.74) is 7.05. The van der Waals surface area contributed by atoms with Gasteiger partial charge in [-0.05, 0) is 36.4 Å². The predicted molar refractivity (Wildman–Crippen MR) is 77.6 cm³/mol. The third kappa shape index (κ3) is 3.30. The highest BCUT2D eigenvalue weighted by atomic mass is 35.5. The molecule has 0 saturated carbocycles. The van der Waals surface area contributed by atoms with E-state index in [9.17, 15) is 4.79 Å². The largest absolute Gasteiger partial charge is 0.478 e. The summed E-state index contributed by atoms with van der Waals surface area (Å²) in [6, 6.07) is 9.48. The standard InChI is InChI=1S/C13H10Cl2N2O2/c14-7-3-8(15)5-10(4-7)17-12-2-1-9(16)6-11(12)13(18)19/h1-6,17H,16H2,(H,18,19). The third-order valence-corrected chi connectivity index (χ3v) is 2.85. The molecule has 4 nitrogen and oxygen atoms in total. The van der Waals surface area contributed by atoms with Crippen molar-refractivity contribution in [3.8, 4) is 0 Å². The van der Waals surface area contributed by atoms with E-state index in [4.69, 9.17) is 34.0 Å². The Morgan fingerprint density at radius 2 is 1.74 bits per heavy atom. The van der Waals surface area contributed by atoms with Gasteiger partial charge in [-0.2, -0.15) is 0 Å². The maximum atomic E-state index is 11.2. The normalized spacial score (nSPS) is 10.2. The van der Waals surface area contributed by atoms with Crippen molar-refractivity contribution in [2.45, 2.75) is 0 Å². The molecule has 0 aliphatic carbocycles. The lowest BCUT2D eigenvalue weighted by molar-refractivity contribution is 0.0698. The lowest BCUT2D eigenvalue weighted by atomic mass is 10.1. The highest BCUT2D eigenvalue weighted by molar-refractivity contribution is 6.35. The Morgan fingerprint density at radius 3 is 2.32 bits per heavy atom. The minimum absolute atomic E-state index is 0.0797. The van der Waals surface area contributed by atoms with Gasteiger partial charge in [-0.1, -0.05) is 23.2 Å². The van der Waals surface area contributed by atoms with Crippen LogP contribution in [0.4, 0.5) is 17.1 Å². The van der Waals surface area contributed by atoms with Crippen molar-refractivity contribution in [2.75, 3.05) is 11.1 Å². The quantitative estimate of drug-likeness (QED) is 0.748. The number of benzene rings is 2. The number of hydrogen-bond donors (Lipinski definition) is 3. The van der Waals surface area contributed by atoms with Crippen molar-refractivity contribution in [1.29, 1.82) is 0 Å². The van der Waals surface area contributed by atoms with Crippen LogP contribution in [-0.4, -0.2) is 11.1 Å². The maximum absolute atomic E-state index is 11.2. The van der Waals surface area contributed by atoms with Gasteiger partial charge in [0.05, 0.1) is 11.3 Å². The lowest BCUT2D eigenvalue weighted by Gasteiger charge is -2.11. The van der Waals surface area contributed by atoms with Gasteiger partial charge in [0.25, 0.3) is 0 Å². The molecule has 0 fully saturated rings. The summed E-state index contributed by atoms with van der Waals surface area (Å²) in [6.45, 7) is 0. The second-order valence-corrected chi connectivity index (χ2v) is 4.77. The average molecular weight is 297 g/mol. The van der Waals surface area contributed by atoms with Crippen LogP contribution in [0.25, 0.3) is 0 Å². The Hall–Kier alpha value is -1.91. The van der Waals surface area contributed by atoms with E-state index in [1.807, 2.05) is 0 Å². The van der Waals surface area contributed by atoms with Crippen molar-refractivity contribution in [3.05, 3.63) is 52.0 Å². The Morgan fingerprint density at radius 1 is 1.11 bits per heavy atom. The molecule has 6 heteroatoms. The van der Waals surface area contributed by atoms with Gasteiger partial charge in [-0.3, -0.25) is 0 Å². The molecule has 0 spiro atoms. The molecule has 0 heterocycles. The van der Waals surface area contributed by atoms with Gasteiger partial charge < -0.3 is 16.2 Å². The van der Waals surface area contributed by atoms with Crippen molar-refractivity contribution in [1.82, 2.24) is 0 Å². The predicted octanol–water partition coefficient (Wildman–Crippen LogP) is 4.02. The summed E-state index contributed by atoms with van der Waals surface area (Å²) in [6.07, 6.45) is 0. The first-order valence-electron chi connectivity index (χ1n) is 5.31. The molecule has 98 valence electrons. The molecule has 0 aliphatic heterocycles. The van der Waals surface area contributed by atoms with E-state index >= 15 is 0 Å². The van der Waals surface area contributed by atoms with Crippen LogP contribution < -0.4 is 11.1 Å². The Bertz CT molecular complexity index is 624. The fourth-order valence-corrected chi connectivity index (χ4v) is 2.16. The van der Waals surface area contributed by atoms with E-state index in [1.54, 1.807) is 30.3 Å². The molecule has 0 radical (unpaired) electrons. The zero-order valence-electron chi connectivity index (χ0n) is 9.65.